The molecule has 3 aromatic rings. The van der Waals surface area contributed by atoms with Crippen molar-refractivity contribution < 1.29 is 9.18 Å². The van der Waals surface area contributed by atoms with E-state index in [2.05, 4.69) is 20.2 Å². The van der Waals surface area contributed by atoms with Gasteiger partial charge < -0.3 is 4.90 Å². The molecule has 2 aromatic heterocycles. The Morgan fingerprint density at radius 2 is 1.83 bits per heavy atom. The fraction of sp³-hybridized carbons (Fsp3) is 0.429. The number of thiazole rings is 1. The normalized spacial score (nSPS) is 17.7. The standard InChI is InChI=1S/C21H22FN5OS/c1-12-17(29-20(23-12)15-4-6-16(22)7-5-15)21(28)27-10-8-14(9-11-27)19-24-18(25-26-19)13-2-3-13/h4-7,13-14H,2-3,8-11H2,1H3,(H,24,25,26). The first kappa shape index (κ1) is 18.4. The molecule has 0 spiro atoms. The lowest BCUT2D eigenvalue weighted by molar-refractivity contribution is 0.0715. The van der Waals surface area contributed by atoms with Crippen LogP contribution in [-0.4, -0.2) is 44.1 Å². The molecule has 0 radical (unpaired) electrons. The number of hydrogen-bond donors (Lipinski definition) is 1. The van der Waals surface area contributed by atoms with Crippen LogP contribution < -0.4 is 0 Å². The molecule has 1 saturated carbocycles. The van der Waals surface area contributed by atoms with Crippen molar-refractivity contribution in [2.75, 3.05) is 13.1 Å². The largest absolute Gasteiger partial charge is 0.338 e. The maximum atomic E-state index is 13.2. The lowest BCUT2D eigenvalue weighted by Crippen LogP contribution is -2.38. The highest BCUT2D eigenvalue weighted by molar-refractivity contribution is 7.17. The van der Waals surface area contributed by atoms with Crippen molar-refractivity contribution in [2.24, 2.45) is 0 Å². The van der Waals surface area contributed by atoms with E-state index >= 15 is 0 Å². The number of aromatic amines is 1. The van der Waals surface area contributed by atoms with Gasteiger partial charge in [0.2, 0.25) is 0 Å². The Balaban J connectivity index is 1.26. The molecule has 2 fully saturated rings. The van der Waals surface area contributed by atoms with E-state index in [4.69, 9.17) is 0 Å². The van der Waals surface area contributed by atoms with Crippen molar-refractivity contribution in [3.63, 3.8) is 0 Å². The fourth-order valence-corrected chi connectivity index (χ4v) is 4.84. The molecule has 2 aliphatic rings. The third kappa shape index (κ3) is 3.69. The Bertz CT molecular complexity index is 1030. The van der Waals surface area contributed by atoms with Crippen LogP contribution in [-0.2, 0) is 0 Å². The van der Waals surface area contributed by atoms with E-state index in [0.717, 1.165) is 40.8 Å². The van der Waals surface area contributed by atoms with Gasteiger partial charge in [0.15, 0.2) is 5.82 Å². The lowest BCUT2D eigenvalue weighted by Gasteiger charge is -2.30. The minimum Gasteiger partial charge on any atom is -0.338 e. The van der Waals surface area contributed by atoms with E-state index in [1.54, 1.807) is 12.1 Å². The van der Waals surface area contributed by atoms with Crippen molar-refractivity contribution >= 4 is 17.2 Å². The number of nitrogens with one attached hydrogen (secondary N) is 1. The van der Waals surface area contributed by atoms with Crippen LogP contribution in [0.3, 0.4) is 0 Å². The van der Waals surface area contributed by atoms with E-state index in [1.807, 2.05) is 11.8 Å². The van der Waals surface area contributed by atoms with Gasteiger partial charge in [0.25, 0.3) is 5.91 Å². The van der Waals surface area contributed by atoms with Crippen molar-refractivity contribution in [2.45, 2.75) is 44.4 Å². The molecule has 8 heteroatoms. The topological polar surface area (TPSA) is 74.8 Å². The quantitative estimate of drug-likeness (QED) is 0.696. The van der Waals surface area contributed by atoms with Gasteiger partial charge >= 0.3 is 0 Å². The number of carbonyl (C=O) groups is 1. The maximum Gasteiger partial charge on any atom is 0.265 e. The Kier molecular flexibility index (Phi) is 4.66. The number of benzene rings is 1. The summed E-state index contributed by atoms with van der Waals surface area (Å²) in [4.78, 5) is 24.9. The second-order valence-corrected chi connectivity index (χ2v) is 8.86. The SMILES string of the molecule is Cc1nc(-c2ccc(F)cc2)sc1C(=O)N1CCC(c2nc(C3CC3)n[nH]2)CC1. The molecule has 0 atom stereocenters. The van der Waals surface area contributed by atoms with Crippen LogP contribution in [0.4, 0.5) is 4.39 Å². The van der Waals surface area contributed by atoms with Gasteiger partial charge in [-0.3, -0.25) is 9.89 Å². The molecule has 3 heterocycles. The van der Waals surface area contributed by atoms with Crippen LogP contribution in [0.2, 0.25) is 0 Å². The van der Waals surface area contributed by atoms with Gasteiger partial charge in [-0.1, -0.05) is 0 Å². The third-order valence-corrected chi connectivity index (χ3v) is 6.91. The zero-order chi connectivity index (χ0) is 20.0. The summed E-state index contributed by atoms with van der Waals surface area (Å²) in [5, 5.41) is 8.21. The predicted octanol–water partition coefficient (Wildman–Crippen LogP) is 4.27. The van der Waals surface area contributed by atoms with Crippen molar-refractivity contribution in [3.8, 4) is 10.6 Å². The molecule has 1 aliphatic heterocycles. The highest BCUT2D eigenvalue weighted by Gasteiger charge is 2.31. The Hall–Kier alpha value is -2.61. The number of halogens is 1. The fourth-order valence-electron chi connectivity index (χ4n) is 3.81. The number of aryl methyl sites for hydroxylation is 1. The molecule has 0 bridgehead atoms. The number of carbonyl (C=O) groups excluding carboxylic acids is 1. The molecule has 150 valence electrons. The zero-order valence-electron chi connectivity index (χ0n) is 16.2. The Labute approximate surface area is 172 Å². The molecular weight excluding hydrogens is 389 g/mol. The molecule has 1 aromatic carbocycles. The summed E-state index contributed by atoms with van der Waals surface area (Å²) in [7, 11) is 0. The van der Waals surface area contributed by atoms with Crippen LogP contribution in [0, 0.1) is 12.7 Å². The maximum absolute atomic E-state index is 13.2. The minimum absolute atomic E-state index is 0.0306. The average molecular weight is 412 g/mol. The number of amides is 1. The number of H-pyrrole nitrogens is 1. The smallest absolute Gasteiger partial charge is 0.265 e. The van der Waals surface area contributed by atoms with Crippen LogP contribution in [0.5, 0.6) is 0 Å². The van der Waals surface area contributed by atoms with Crippen LogP contribution >= 0.6 is 11.3 Å². The first-order valence-electron chi connectivity index (χ1n) is 10.0. The second kappa shape index (κ2) is 7.33. The summed E-state index contributed by atoms with van der Waals surface area (Å²) < 4.78 is 13.2. The number of nitrogens with zero attached hydrogens (tertiary/aromatic N) is 4. The summed E-state index contributed by atoms with van der Waals surface area (Å²) in [6, 6.07) is 6.22. The van der Waals surface area contributed by atoms with E-state index in [9.17, 15) is 9.18 Å². The summed E-state index contributed by atoms with van der Waals surface area (Å²) in [6.45, 7) is 3.26. The summed E-state index contributed by atoms with van der Waals surface area (Å²) in [5.41, 5.74) is 1.56. The van der Waals surface area contributed by atoms with Gasteiger partial charge in [0, 0.05) is 30.5 Å². The molecule has 1 aliphatic carbocycles. The number of piperidine rings is 1. The van der Waals surface area contributed by atoms with Gasteiger partial charge in [0.05, 0.1) is 5.69 Å². The minimum atomic E-state index is -0.280. The van der Waals surface area contributed by atoms with Gasteiger partial charge in [-0.15, -0.1) is 11.3 Å². The highest BCUT2D eigenvalue weighted by Crippen LogP contribution is 2.39. The van der Waals surface area contributed by atoms with Gasteiger partial charge in [-0.25, -0.2) is 14.4 Å². The molecular formula is C21H22FN5OS. The number of aromatic nitrogens is 4. The molecule has 1 amide bonds. The number of rotatable bonds is 4. The summed E-state index contributed by atoms with van der Waals surface area (Å²) in [5.74, 6) is 2.54. The van der Waals surface area contributed by atoms with E-state index in [-0.39, 0.29) is 11.7 Å². The van der Waals surface area contributed by atoms with Crippen LogP contribution in [0.1, 0.15) is 64.5 Å². The van der Waals surface area contributed by atoms with E-state index < -0.39 is 0 Å². The molecule has 29 heavy (non-hydrogen) atoms. The van der Waals surface area contributed by atoms with Crippen molar-refractivity contribution in [3.05, 3.63) is 52.3 Å². The molecule has 5 rings (SSSR count). The van der Waals surface area contributed by atoms with Crippen molar-refractivity contribution in [1.82, 2.24) is 25.1 Å². The first-order chi connectivity index (χ1) is 14.1. The van der Waals surface area contributed by atoms with Gasteiger partial charge in [-0.05, 0) is 56.9 Å². The lowest BCUT2D eigenvalue weighted by atomic mass is 9.96. The van der Waals surface area contributed by atoms with Gasteiger partial charge in [-0.2, -0.15) is 5.10 Å². The monoisotopic (exact) mass is 411 g/mol. The molecule has 1 saturated heterocycles. The zero-order valence-corrected chi connectivity index (χ0v) is 17.0. The highest BCUT2D eigenvalue weighted by atomic mass is 32.1. The van der Waals surface area contributed by atoms with E-state index in [1.165, 1.54) is 36.3 Å². The van der Waals surface area contributed by atoms with Crippen LogP contribution in [0.25, 0.3) is 10.6 Å². The van der Waals surface area contributed by atoms with E-state index in [0.29, 0.717) is 29.8 Å². The molecule has 6 nitrogen and oxygen atoms in total. The summed E-state index contributed by atoms with van der Waals surface area (Å²) in [6.07, 6.45) is 4.15. The van der Waals surface area contributed by atoms with Crippen molar-refractivity contribution in [1.29, 1.82) is 0 Å². The number of likely N-dealkylation sites (tertiary alicyclic amines) is 1. The molecule has 0 unspecified atom stereocenters. The van der Waals surface area contributed by atoms with Crippen LogP contribution in [0.15, 0.2) is 24.3 Å². The summed E-state index contributed by atoms with van der Waals surface area (Å²) >= 11 is 1.38. The first-order valence-corrected chi connectivity index (χ1v) is 10.8. The van der Waals surface area contributed by atoms with Gasteiger partial charge in [0.1, 0.15) is 21.5 Å². The average Bonchev–Trinajstić information content (AvgIpc) is 3.34. The number of hydrogen-bond acceptors (Lipinski definition) is 5. The Morgan fingerprint density at radius 3 is 2.52 bits per heavy atom. The third-order valence-electron chi connectivity index (χ3n) is 5.71. The molecule has 1 N–H and O–H groups in total. The predicted molar refractivity (Wildman–Crippen MR) is 108 cm³/mol. The second-order valence-electron chi connectivity index (χ2n) is 7.86. The Morgan fingerprint density at radius 1 is 1.10 bits per heavy atom.